The van der Waals surface area contributed by atoms with Crippen molar-refractivity contribution in [2.24, 2.45) is 5.92 Å². The van der Waals surface area contributed by atoms with Crippen LogP contribution in [0.4, 0.5) is 0 Å². The summed E-state index contributed by atoms with van der Waals surface area (Å²) >= 11 is 0. The van der Waals surface area contributed by atoms with Gasteiger partial charge in [-0.1, -0.05) is 19.9 Å². The Morgan fingerprint density at radius 3 is 2.33 bits per heavy atom. The Kier molecular flexibility index (Phi) is 9.84. The van der Waals surface area contributed by atoms with Gasteiger partial charge in [0.2, 0.25) is 0 Å². The van der Waals surface area contributed by atoms with Gasteiger partial charge in [-0.2, -0.15) is 0 Å². The van der Waals surface area contributed by atoms with Crippen LogP contribution in [-0.4, -0.2) is 25.7 Å². The second kappa shape index (κ2) is 8.74. The first-order chi connectivity index (χ1) is 6.52. The molecule has 0 aliphatic heterocycles. The molecule has 0 aliphatic rings. The van der Waals surface area contributed by atoms with Gasteiger partial charge in [-0.25, -0.2) is 4.79 Å². The van der Waals surface area contributed by atoms with Crippen molar-refractivity contribution >= 4 is 18.4 Å². The first-order valence-corrected chi connectivity index (χ1v) is 5.05. The molecule has 90 valence electrons. The SMILES string of the molecule is CCOC(=O)C(C)=C[C@@H](NC)C(C)C.Cl. The van der Waals surface area contributed by atoms with Crippen molar-refractivity contribution in [3.05, 3.63) is 11.6 Å². The lowest BCUT2D eigenvalue weighted by atomic mass is 10.0. The molecular weight excluding hydrogens is 214 g/mol. The molecular formula is C11H22ClNO2. The van der Waals surface area contributed by atoms with Crippen LogP contribution in [0.3, 0.4) is 0 Å². The molecule has 15 heavy (non-hydrogen) atoms. The second-order valence-electron chi connectivity index (χ2n) is 3.63. The summed E-state index contributed by atoms with van der Waals surface area (Å²) in [6.45, 7) is 8.23. The molecule has 0 aromatic carbocycles. The molecule has 3 nitrogen and oxygen atoms in total. The summed E-state index contributed by atoms with van der Waals surface area (Å²) in [5.74, 6) is 0.234. The molecule has 0 saturated carbocycles. The van der Waals surface area contributed by atoms with E-state index >= 15 is 0 Å². The van der Waals surface area contributed by atoms with Gasteiger partial charge < -0.3 is 10.1 Å². The molecule has 1 N–H and O–H groups in total. The quantitative estimate of drug-likeness (QED) is 0.586. The van der Waals surface area contributed by atoms with E-state index in [1.165, 1.54) is 0 Å². The van der Waals surface area contributed by atoms with Crippen molar-refractivity contribution in [3.63, 3.8) is 0 Å². The molecule has 0 amide bonds. The minimum Gasteiger partial charge on any atom is -0.463 e. The number of nitrogens with one attached hydrogen (secondary N) is 1. The number of hydrogen-bond donors (Lipinski definition) is 1. The topological polar surface area (TPSA) is 38.3 Å². The van der Waals surface area contributed by atoms with Gasteiger partial charge in [0.1, 0.15) is 0 Å². The molecule has 0 aromatic rings. The van der Waals surface area contributed by atoms with E-state index in [1.807, 2.05) is 20.0 Å². The smallest absolute Gasteiger partial charge is 0.333 e. The third kappa shape index (κ3) is 6.52. The number of carbonyl (C=O) groups is 1. The Bertz CT molecular complexity index is 215. The third-order valence-corrected chi connectivity index (χ3v) is 2.08. The Hall–Kier alpha value is -0.540. The van der Waals surface area contributed by atoms with Crippen LogP contribution in [0, 0.1) is 5.92 Å². The van der Waals surface area contributed by atoms with Crippen LogP contribution < -0.4 is 5.32 Å². The highest BCUT2D eigenvalue weighted by Gasteiger charge is 2.11. The van der Waals surface area contributed by atoms with Gasteiger partial charge in [0.15, 0.2) is 0 Å². The molecule has 0 spiro atoms. The van der Waals surface area contributed by atoms with E-state index in [9.17, 15) is 4.79 Å². The zero-order valence-corrected chi connectivity index (χ0v) is 11.0. The highest BCUT2D eigenvalue weighted by atomic mass is 35.5. The average molecular weight is 236 g/mol. The maximum atomic E-state index is 11.3. The molecule has 0 aromatic heterocycles. The van der Waals surface area contributed by atoms with Crippen LogP contribution in [0.1, 0.15) is 27.7 Å². The first-order valence-electron chi connectivity index (χ1n) is 5.05. The minimum atomic E-state index is -0.228. The molecule has 0 saturated heterocycles. The van der Waals surface area contributed by atoms with Crippen molar-refractivity contribution in [1.29, 1.82) is 0 Å². The number of hydrogen-bond acceptors (Lipinski definition) is 3. The molecule has 0 radical (unpaired) electrons. The Morgan fingerprint density at radius 1 is 1.47 bits per heavy atom. The number of ether oxygens (including phenoxy) is 1. The van der Waals surface area contributed by atoms with Crippen LogP contribution in [0.2, 0.25) is 0 Å². The molecule has 1 atom stereocenters. The zero-order valence-electron chi connectivity index (χ0n) is 10.2. The van der Waals surface area contributed by atoms with Crippen molar-refractivity contribution in [1.82, 2.24) is 5.32 Å². The fourth-order valence-electron chi connectivity index (χ4n) is 1.19. The highest BCUT2D eigenvalue weighted by Crippen LogP contribution is 2.06. The first kappa shape index (κ1) is 16.9. The normalized spacial score (nSPS) is 13.3. The van der Waals surface area contributed by atoms with Gasteiger partial charge >= 0.3 is 5.97 Å². The van der Waals surface area contributed by atoms with E-state index in [-0.39, 0.29) is 24.4 Å². The van der Waals surface area contributed by atoms with Crippen molar-refractivity contribution < 1.29 is 9.53 Å². The lowest BCUT2D eigenvalue weighted by Gasteiger charge is -2.16. The van der Waals surface area contributed by atoms with E-state index in [1.54, 1.807) is 6.92 Å². The minimum absolute atomic E-state index is 0. The van der Waals surface area contributed by atoms with Crippen LogP contribution in [0.25, 0.3) is 0 Å². The highest BCUT2D eigenvalue weighted by molar-refractivity contribution is 5.87. The molecule has 0 aliphatic carbocycles. The van der Waals surface area contributed by atoms with Crippen molar-refractivity contribution in [3.8, 4) is 0 Å². The van der Waals surface area contributed by atoms with E-state index in [4.69, 9.17) is 4.74 Å². The van der Waals surface area contributed by atoms with Crippen LogP contribution in [0.15, 0.2) is 11.6 Å². The van der Waals surface area contributed by atoms with Crippen molar-refractivity contribution in [2.75, 3.05) is 13.7 Å². The molecule has 0 rings (SSSR count). The van der Waals surface area contributed by atoms with Gasteiger partial charge in [-0.15, -0.1) is 12.4 Å². The zero-order chi connectivity index (χ0) is 11.1. The molecule has 0 heterocycles. The summed E-state index contributed by atoms with van der Waals surface area (Å²) in [7, 11) is 1.89. The number of rotatable bonds is 5. The number of esters is 1. The van der Waals surface area contributed by atoms with Gasteiger partial charge in [-0.3, -0.25) is 0 Å². The second-order valence-corrected chi connectivity index (χ2v) is 3.63. The predicted octanol–water partition coefficient (Wildman–Crippen LogP) is 2.16. The maximum absolute atomic E-state index is 11.3. The Labute approximate surface area is 98.7 Å². The largest absolute Gasteiger partial charge is 0.463 e. The fraction of sp³-hybridized carbons (Fsp3) is 0.727. The van der Waals surface area contributed by atoms with Gasteiger partial charge in [-0.05, 0) is 26.8 Å². The Balaban J connectivity index is 0. The van der Waals surface area contributed by atoms with Gasteiger partial charge in [0, 0.05) is 11.6 Å². The van der Waals surface area contributed by atoms with Crippen LogP contribution >= 0.6 is 12.4 Å². The standard InChI is InChI=1S/C11H21NO2.ClH/c1-6-14-11(13)9(4)7-10(12-5)8(2)3;/h7-8,10,12H,6H2,1-5H3;1H/t10-;/m1./s1. The van der Waals surface area contributed by atoms with E-state index < -0.39 is 0 Å². The molecule has 0 bridgehead atoms. The summed E-state index contributed by atoms with van der Waals surface area (Å²) in [6, 6.07) is 0.222. The number of carbonyl (C=O) groups excluding carboxylic acids is 1. The van der Waals surface area contributed by atoms with E-state index in [0.29, 0.717) is 18.1 Å². The number of likely N-dealkylation sites (N-methyl/N-ethyl adjacent to an activating group) is 1. The van der Waals surface area contributed by atoms with Crippen LogP contribution in [0.5, 0.6) is 0 Å². The van der Waals surface area contributed by atoms with Gasteiger partial charge in [0.25, 0.3) is 0 Å². The molecule has 0 unspecified atom stereocenters. The fourth-order valence-corrected chi connectivity index (χ4v) is 1.19. The summed E-state index contributed by atoms with van der Waals surface area (Å²) in [5.41, 5.74) is 0.667. The lowest BCUT2D eigenvalue weighted by molar-refractivity contribution is -0.138. The molecule has 4 heteroatoms. The monoisotopic (exact) mass is 235 g/mol. The predicted molar refractivity (Wildman–Crippen MR) is 65.3 cm³/mol. The van der Waals surface area contributed by atoms with Crippen LogP contribution in [-0.2, 0) is 9.53 Å². The van der Waals surface area contributed by atoms with Crippen molar-refractivity contribution in [2.45, 2.75) is 33.7 Å². The Morgan fingerprint density at radius 2 is 2.00 bits per heavy atom. The summed E-state index contributed by atoms with van der Waals surface area (Å²) in [5, 5.41) is 3.15. The van der Waals surface area contributed by atoms with Gasteiger partial charge in [0.05, 0.1) is 6.61 Å². The third-order valence-electron chi connectivity index (χ3n) is 2.08. The lowest BCUT2D eigenvalue weighted by Crippen LogP contribution is -2.29. The number of halogens is 1. The average Bonchev–Trinajstić information content (AvgIpc) is 2.13. The summed E-state index contributed by atoms with van der Waals surface area (Å²) in [6.07, 6.45) is 1.92. The van der Waals surface area contributed by atoms with E-state index in [0.717, 1.165) is 0 Å². The maximum Gasteiger partial charge on any atom is 0.333 e. The summed E-state index contributed by atoms with van der Waals surface area (Å²) < 4.78 is 4.89. The van der Waals surface area contributed by atoms with E-state index in [2.05, 4.69) is 19.2 Å². The summed E-state index contributed by atoms with van der Waals surface area (Å²) in [4.78, 5) is 11.3. The molecule has 0 fully saturated rings.